The van der Waals surface area contributed by atoms with Crippen LogP contribution in [-0.2, 0) is 6.54 Å². The van der Waals surface area contributed by atoms with Gasteiger partial charge in [0, 0.05) is 22.7 Å². The summed E-state index contributed by atoms with van der Waals surface area (Å²) in [7, 11) is 0. The Morgan fingerprint density at radius 1 is 1.06 bits per heavy atom. The molecule has 0 fully saturated rings. The number of rotatable bonds is 6. The fourth-order valence-electron chi connectivity index (χ4n) is 4.47. The maximum absolute atomic E-state index is 13.6. The van der Waals surface area contributed by atoms with Crippen molar-refractivity contribution in [2.75, 3.05) is 6.61 Å². The van der Waals surface area contributed by atoms with Crippen LogP contribution in [0.2, 0.25) is 5.02 Å². The maximum atomic E-state index is 13.6. The Labute approximate surface area is 207 Å². The van der Waals surface area contributed by atoms with Crippen molar-refractivity contribution in [2.24, 2.45) is 0 Å². The minimum Gasteiger partial charge on any atom is -0.507 e. The molecule has 0 radical (unpaired) electrons. The van der Waals surface area contributed by atoms with Gasteiger partial charge in [0.25, 0.3) is 5.91 Å². The molecule has 178 valence electrons. The Morgan fingerprint density at radius 2 is 1.80 bits per heavy atom. The van der Waals surface area contributed by atoms with E-state index in [2.05, 4.69) is 10.2 Å². The average Bonchev–Trinajstić information content (AvgIpc) is 3.38. The predicted molar refractivity (Wildman–Crippen MR) is 133 cm³/mol. The number of benzene rings is 3. The van der Waals surface area contributed by atoms with Gasteiger partial charge in [0.2, 0.25) is 0 Å². The van der Waals surface area contributed by atoms with Crippen LogP contribution in [-0.4, -0.2) is 37.8 Å². The highest BCUT2D eigenvalue weighted by atomic mass is 35.5. The van der Waals surface area contributed by atoms with Gasteiger partial charge in [-0.3, -0.25) is 9.89 Å². The van der Waals surface area contributed by atoms with Crippen LogP contribution < -0.4 is 4.74 Å². The van der Waals surface area contributed by atoms with E-state index in [1.54, 1.807) is 35.2 Å². The molecule has 0 spiro atoms. The molecule has 7 nitrogen and oxygen atoms in total. The van der Waals surface area contributed by atoms with Crippen molar-refractivity contribution in [3.05, 3.63) is 93.6 Å². The summed E-state index contributed by atoms with van der Waals surface area (Å²) in [6.07, 6.45) is 0. The predicted octanol–water partition coefficient (Wildman–Crippen LogP) is 5.59. The molecule has 1 aliphatic rings. The minimum absolute atomic E-state index is 0.00703. The Bertz CT molecular complexity index is 1410. The first-order chi connectivity index (χ1) is 16.9. The molecule has 1 amide bonds. The van der Waals surface area contributed by atoms with Gasteiger partial charge in [-0.25, -0.2) is 0 Å². The van der Waals surface area contributed by atoms with E-state index < -0.39 is 6.04 Å². The number of H-pyrrole nitrogens is 1. The lowest BCUT2D eigenvalue weighted by Crippen LogP contribution is -2.29. The topological polar surface area (TPSA) is 98.7 Å². The molecule has 0 aliphatic carbocycles. The number of carbonyl (C=O) groups excluding carboxylic acids is 1. The van der Waals surface area contributed by atoms with Crippen LogP contribution in [0.5, 0.6) is 17.2 Å². The van der Waals surface area contributed by atoms with Gasteiger partial charge in [-0.05, 0) is 55.3 Å². The highest BCUT2D eigenvalue weighted by Crippen LogP contribution is 2.46. The molecular formula is C27H24ClN3O4. The largest absolute Gasteiger partial charge is 0.507 e. The number of phenols is 2. The summed E-state index contributed by atoms with van der Waals surface area (Å²) < 4.78 is 5.62. The van der Waals surface area contributed by atoms with Gasteiger partial charge in [-0.2, -0.15) is 5.10 Å². The Morgan fingerprint density at radius 3 is 2.54 bits per heavy atom. The van der Waals surface area contributed by atoms with Crippen molar-refractivity contribution in [1.29, 1.82) is 0 Å². The molecule has 0 saturated heterocycles. The number of fused-ring (bicyclic) bond motifs is 1. The van der Waals surface area contributed by atoms with Crippen molar-refractivity contribution in [3.63, 3.8) is 0 Å². The number of phenolic OH excluding ortho intramolecular Hbond substituents is 2. The number of hydrogen-bond donors (Lipinski definition) is 3. The standard InChI is InChI=1S/C27H24ClN3O4/c1-3-35-22-12-17(8-10-21(22)33)26-23-24(19-13-18(28)9-11-20(19)32)29-30-25(23)27(34)31(26)14-16-6-4-15(2)5-7-16/h4-13,26,32-33H,3,14H2,1-2H3,(H,29,30). The summed E-state index contributed by atoms with van der Waals surface area (Å²) >= 11 is 6.22. The second kappa shape index (κ2) is 9.00. The SMILES string of the molecule is CCOc1cc(C2c3c(-c4cc(Cl)ccc4O)n[nH]c3C(=O)N2Cc2ccc(C)cc2)ccc1O. The van der Waals surface area contributed by atoms with E-state index in [1.807, 2.05) is 38.1 Å². The summed E-state index contributed by atoms with van der Waals surface area (Å²) in [6, 6.07) is 17.3. The number of aromatic amines is 1. The molecule has 5 rings (SSSR count). The molecule has 1 aromatic heterocycles. The molecule has 4 aromatic rings. The van der Waals surface area contributed by atoms with Crippen molar-refractivity contribution in [3.8, 4) is 28.5 Å². The van der Waals surface area contributed by atoms with Gasteiger partial charge in [-0.1, -0.05) is 47.5 Å². The number of hydrogen-bond acceptors (Lipinski definition) is 5. The molecule has 1 aliphatic heterocycles. The number of nitrogens with zero attached hydrogens (tertiary/aromatic N) is 2. The van der Waals surface area contributed by atoms with Crippen LogP contribution in [0.15, 0.2) is 60.7 Å². The summed E-state index contributed by atoms with van der Waals surface area (Å²) in [6.45, 7) is 4.59. The number of aryl methyl sites for hydroxylation is 1. The normalized spacial score (nSPS) is 14.9. The highest BCUT2D eigenvalue weighted by Gasteiger charge is 2.42. The van der Waals surface area contributed by atoms with Crippen molar-refractivity contribution >= 4 is 17.5 Å². The monoisotopic (exact) mass is 489 g/mol. The zero-order chi connectivity index (χ0) is 24.7. The number of aromatic nitrogens is 2. The van der Waals surface area contributed by atoms with E-state index in [9.17, 15) is 15.0 Å². The van der Waals surface area contributed by atoms with E-state index in [4.69, 9.17) is 16.3 Å². The van der Waals surface area contributed by atoms with Crippen LogP contribution in [0.3, 0.4) is 0 Å². The molecule has 8 heteroatoms. The molecule has 0 saturated carbocycles. The van der Waals surface area contributed by atoms with Crippen molar-refractivity contribution in [1.82, 2.24) is 15.1 Å². The van der Waals surface area contributed by atoms with Crippen LogP contribution in [0.1, 0.15) is 45.7 Å². The van der Waals surface area contributed by atoms with Crippen molar-refractivity contribution < 1.29 is 19.7 Å². The quantitative estimate of drug-likeness (QED) is 0.328. The third-order valence-corrected chi connectivity index (χ3v) is 6.39. The lowest BCUT2D eigenvalue weighted by atomic mass is 9.95. The van der Waals surface area contributed by atoms with E-state index in [0.29, 0.717) is 46.4 Å². The fraction of sp³-hybridized carbons (Fsp3) is 0.185. The summed E-state index contributed by atoms with van der Waals surface area (Å²) in [5.41, 5.74) is 4.70. The second-order valence-electron chi connectivity index (χ2n) is 8.50. The van der Waals surface area contributed by atoms with E-state index in [0.717, 1.165) is 16.7 Å². The summed E-state index contributed by atoms with van der Waals surface area (Å²) in [5, 5.41) is 28.6. The number of aromatic hydroxyl groups is 2. The average molecular weight is 490 g/mol. The Balaban J connectivity index is 1.68. The number of nitrogens with one attached hydrogen (secondary N) is 1. The van der Waals surface area contributed by atoms with Gasteiger partial charge >= 0.3 is 0 Å². The summed E-state index contributed by atoms with van der Waals surface area (Å²) in [5.74, 6) is 0.145. The fourth-order valence-corrected chi connectivity index (χ4v) is 4.64. The van der Waals surface area contributed by atoms with E-state index in [-0.39, 0.29) is 17.4 Å². The third kappa shape index (κ3) is 4.08. The second-order valence-corrected chi connectivity index (χ2v) is 8.94. The molecule has 1 unspecified atom stereocenters. The summed E-state index contributed by atoms with van der Waals surface area (Å²) in [4.78, 5) is 15.4. The van der Waals surface area contributed by atoms with Crippen LogP contribution >= 0.6 is 11.6 Å². The van der Waals surface area contributed by atoms with Gasteiger partial charge < -0.3 is 19.8 Å². The number of halogens is 1. The Hall–Kier alpha value is -3.97. The van der Waals surface area contributed by atoms with Gasteiger partial charge in [0.1, 0.15) is 17.1 Å². The van der Waals surface area contributed by atoms with Crippen LogP contribution in [0.4, 0.5) is 0 Å². The lowest BCUT2D eigenvalue weighted by molar-refractivity contribution is 0.0730. The molecule has 1 atom stereocenters. The highest BCUT2D eigenvalue weighted by molar-refractivity contribution is 6.31. The number of ether oxygens (including phenoxy) is 1. The number of amides is 1. The molecule has 3 aromatic carbocycles. The molecule has 35 heavy (non-hydrogen) atoms. The Kier molecular flexibility index (Phi) is 5.86. The van der Waals surface area contributed by atoms with E-state index in [1.165, 1.54) is 6.07 Å². The van der Waals surface area contributed by atoms with Gasteiger partial charge in [0.15, 0.2) is 11.5 Å². The minimum atomic E-state index is -0.536. The molecular weight excluding hydrogens is 466 g/mol. The number of carbonyl (C=O) groups is 1. The zero-order valence-corrected chi connectivity index (χ0v) is 20.0. The van der Waals surface area contributed by atoms with Crippen molar-refractivity contribution in [2.45, 2.75) is 26.4 Å². The first-order valence-corrected chi connectivity index (χ1v) is 11.6. The van der Waals surface area contributed by atoms with Crippen LogP contribution in [0, 0.1) is 6.92 Å². The zero-order valence-electron chi connectivity index (χ0n) is 19.2. The lowest BCUT2D eigenvalue weighted by Gasteiger charge is -2.27. The maximum Gasteiger partial charge on any atom is 0.273 e. The van der Waals surface area contributed by atoms with Gasteiger partial charge in [-0.15, -0.1) is 0 Å². The smallest absolute Gasteiger partial charge is 0.273 e. The van der Waals surface area contributed by atoms with Crippen LogP contribution in [0.25, 0.3) is 11.3 Å². The molecule has 0 bridgehead atoms. The molecule has 3 N–H and O–H groups in total. The third-order valence-electron chi connectivity index (χ3n) is 6.15. The first kappa shape index (κ1) is 22.8. The first-order valence-electron chi connectivity index (χ1n) is 11.3. The molecule has 2 heterocycles. The van der Waals surface area contributed by atoms with Gasteiger partial charge in [0.05, 0.1) is 12.6 Å². The van der Waals surface area contributed by atoms with E-state index >= 15 is 0 Å².